The van der Waals surface area contributed by atoms with Gasteiger partial charge >= 0.3 is 0 Å². The highest BCUT2D eigenvalue weighted by Gasteiger charge is 1.95. The van der Waals surface area contributed by atoms with E-state index in [0.717, 1.165) is 0 Å². The number of aliphatic hydroxyl groups excluding tert-OH is 1. The van der Waals surface area contributed by atoms with Gasteiger partial charge in [-0.15, -0.1) is 0 Å². The highest BCUT2D eigenvalue weighted by atomic mass is 35.5. The molecule has 48 valence electrons. The van der Waals surface area contributed by atoms with Crippen LogP contribution in [0.4, 0.5) is 0 Å². The molecule has 0 spiro atoms. The van der Waals surface area contributed by atoms with E-state index in [1.165, 1.54) is 5.54 Å². The molecule has 0 aromatic heterocycles. The summed E-state index contributed by atoms with van der Waals surface area (Å²) in [5.74, 6) is 0.742. The van der Waals surface area contributed by atoms with Crippen molar-refractivity contribution in [2.45, 2.75) is 20.3 Å². The number of hydrogen-bond acceptors (Lipinski definition) is 1. The number of rotatable bonds is 2. The van der Waals surface area contributed by atoms with Crippen LogP contribution in [-0.2, 0) is 0 Å². The minimum absolute atomic E-state index is 0.265. The normalized spacial score (nSPS) is 12.8. The van der Waals surface area contributed by atoms with Crippen molar-refractivity contribution >= 4 is 11.6 Å². The Morgan fingerprint density at radius 2 is 2.25 bits per heavy atom. The van der Waals surface area contributed by atoms with Crippen molar-refractivity contribution in [3.63, 3.8) is 0 Å². The first kappa shape index (κ1) is 7.83. The fourth-order valence-corrected chi connectivity index (χ4v) is 0.552. The predicted molar refractivity (Wildman–Crippen MR) is 36.0 cm³/mol. The lowest BCUT2D eigenvalue weighted by Gasteiger charge is -1.99. The molecule has 8 heavy (non-hydrogen) atoms. The lowest BCUT2D eigenvalue weighted by Crippen LogP contribution is -1.88. The van der Waals surface area contributed by atoms with Crippen molar-refractivity contribution in [2.75, 3.05) is 0 Å². The Balaban J connectivity index is 3.39. The predicted octanol–water partition coefficient (Wildman–Crippen LogP) is 2.67. The van der Waals surface area contributed by atoms with E-state index < -0.39 is 0 Å². The lowest BCUT2D eigenvalue weighted by molar-refractivity contribution is 0.366. The molecule has 0 saturated heterocycles. The molecule has 2 heteroatoms. The molecular weight excluding hydrogens is 124 g/mol. The summed E-state index contributed by atoms with van der Waals surface area (Å²) in [5, 5.41) is 8.76. The first-order valence-corrected chi connectivity index (χ1v) is 3.08. The van der Waals surface area contributed by atoms with Gasteiger partial charge in [-0.3, -0.25) is 0 Å². The first-order chi connectivity index (χ1) is 3.66. The third kappa shape index (κ3) is 4.00. The van der Waals surface area contributed by atoms with Crippen LogP contribution in [0.25, 0.3) is 0 Å². The molecule has 0 unspecified atom stereocenters. The van der Waals surface area contributed by atoms with Gasteiger partial charge in [0.1, 0.15) is 5.76 Å². The van der Waals surface area contributed by atoms with E-state index in [1.54, 1.807) is 0 Å². The van der Waals surface area contributed by atoms with E-state index in [-0.39, 0.29) is 5.76 Å². The summed E-state index contributed by atoms with van der Waals surface area (Å²) in [6, 6.07) is 0. The summed E-state index contributed by atoms with van der Waals surface area (Å²) < 4.78 is 0. The Morgan fingerprint density at radius 1 is 1.75 bits per heavy atom. The van der Waals surface area contributed by atoms with E-state index >= 15 is 0 Å². The average molecular weight is 135 g/mol. The maximum absolute atomic E-state index is 8.76. The second-order valence-electron chi connectivity index (χ2n) is 2.20. The second kappa shape index (κ2) is 3.79. The van der Waals surface area contributed by atoms with Gasteiger partial charge in [-0.1, -0.05) is 25.4 Å². The van der Waals surface area contributed by atoms with E-state index in [1.807, 2.05) is 13.8 Å². The molecule has 0 saturated carbocycles. The quantitative estimate of drug-likeness (QED) is 0.576. The molecule has 0 atom stereocenters. The minimum atomic E-state index is 0.265. The second-order valence-corrected chi connectivity index (χ2v) is 2.42. The summed E-state index contributed by atoms with van der Waals surface area (Å²) in [7, 11) is 0. The molecule has 0 fully saturated rings. The molecule has 0 aromatic carbocycles. The van der Waals surface area contributed by atoms with Gasteiger partial charge in [-0.2, -0.15) is 0 Å². The molecule has 0 aliphatic rings. The van der Waals surface area contributed by atoms with Crippen molar-refractivity contribution in [1.82, 2.24) is 0 Å². The lowest BCUT2D eigenvalue weighted by atomic mass is 10.1. The van der Waals surface area contributed by atoms with Gasteiger partial charge in [0.2, 0.25) is 0 Å². The van der Waals surface area contributed by atoms with Crippen molar-refractivity contribution in [3.05, 3.63) is 11.3 Å². The molecular formula is C6H11ClO. The number of hydrogen-bond donors (Lipinski definition) is 1. The third-order valence-electron chi connectivity index (χ3n) is 0.743. The first-order valence-electron chi connectivity index (χ1n) is 2.65. The maximum atomic E-state index is 8.76. The zero-order valence-electron chi connectivity index (χ0n) is 5.19. The summed E-state index contributed by atoms with van der Waals surface area (Å²) in [6.07, 6.45) is 0.670. The fourth-order valence-electron chi connectivity index (χ4n) is 0.463. The van der Waals surface area contributed by atoms with Gasteiger partial charge < -0.3 is 5.11 Å². The largest absolute Gasteiger partial charge is 0.511 e. The monoisotopic (exact) mass is 134 g/mol. The Bertz CT molecular complexity index is 86.5. The SMILES string of the molecule is CC(C)CC(O)=CCl. The van der Waals surface area contributed by atoms with E-state index in [4.69, 9.17) is 16.7 Å². The molecule has 0 aromatic rings. The van der Waals surface area contributed by atoms with Gasteiger partial charge in [0.05, 0.1) is 0 Å². The summed E-state index contributed by atoms with van der Waals surface area (Å²) >= 11 is 5.18. The standard InChI is InChI=1S/C6H11ClO/c1-5(2)3-6(8)4-7/h4-5,8H,3H2,1-2H3. The van der Waals surface area contributed by atoms with Crippen molar-refractivity contribution < 1.29 is 5.11 Å². The molecule has 0 aliphatic carbocycles. The Hall–Kier alpha value is -0.170. The molecule has 1 N–H and O–H groups in total. The van der Waals surface area contributed by atoms with E-state index in [9.17, 15) is 0 Å². The van der Waals surface area contributed by atoms with Crippen molar-refractivity contribution in [1.29, 1.82) is 0 Å². The molecule has 0 aliphatic heterocycles. The number of halogens is 1. The van der Waals surface area contributed by atoms with E-state index in [0.29, 0.717) is 12.3 Å². The zero-order chi connectivity index (χ0) is 6.57. The van der Waals surface area contributed by atoms with Gasteiger partial charge in [0.15, 0.2) is 0 Å². The smallest absolute Gasteiger partial charge is 0.104 e. The van der Waals surface area contributed by atoms with E-state index in [2.05, 4.69) is 0 Å². The number of aliphatic hydroxyl groups is 1. The Kier molecular flexibility index (Phi) is 3.71. The molecule has 0 rings (SSSR count). The van der Waals surface area contributed by atoms with Gasteiger partial charge in [-0.05, 0) is 5.92 Å². The highest BCUT2D eigenvalue weighted by Crippen LogP contribution is 2.07. The summed E-state index contributed by atoms with van der Waals surface area (Å²) in [5.41, 5.74) is 1.21. The van der Waals surface area contributed by atoms with Gasteiger partial charge in [0.25, 0.3) is 0 Å². The van der Waals surface area contributed by atoms with Crippen LogP contribution in [0.15, 0.2) is 11.3 Å². The van der Waals surface area contributed by atoms with Crippen LogP contribution in [0.5, 0.6) is 0 Å². The Labute approximate surface area is 55.0 Å². The summed E-state index contributed by atoms with van der Waals surface area (Å²) in [4.78, 5) is 0. The summed E-state index contributed by atoms with van der Waals surface area (Å²) in [6.45, 7) is 4.05. The van der Waals surface area contributed by atoms with Gasteiger partial charge in [0, 0.05) is 12.0 Å². The van der Waals surface area contributed by atoms with Crippen LogP contribution in [0.1, 0.15) is 20.3 Å². The van der Waals surface area contributed by atoms with Crippen LogP contribution in [0, 0.1) is 5.92 Å². The topological polar surface area (TPSA) is 20.2 Å². The molecule has 0 bridgehead atoms. The Morgan fingerprint density at radius 3 is 2.38 bits per heavy atom. The van der Waals surface area contributed by atoms with Crippen molar-refractivity contribution in [3.8, 4) is 0 Å². The maximum Gasteiger partial charge on any atom is 0.104 e. The fraction of sp³-hybridized carbons (Fsp3) is 0.667. The molecule has 0 heterocycles. The minimum Gasteiger partial charge on any atom is -0.511 e. The number of allylic oxidation sites excluding steroid dienone is 1. The van der Waals surface area contributed by atoms with Crippen LogP contribution < -0.4 is 0 Å². The van der Waals surface area contributed by atoms with Crippen LogP contribution in [-0.4, -0.2) is 5.11 Å². The van der Waals surface area contributed by atoms with Crippen LogP contribution in [0.3, 0.4) is 0 Å². The van der Waals surface area contributed by atoms with Gasteiger partial charge in [-0.25, -0.2) is 0 Å². The van der Waals surface area contributed by atoms with Crippen LogP contribution >= 0.6 is 11.6 Å². The van der Waals surface area contributed by atoms with Crippen LogP contribution in [0.2, 0.25) is 0 Å². The zero-order valence-corrected chi connectivity index (χ0v) is 5.94. The molecule has 1 nitrogen and oxygen atoms in total. The van der Waals surface area contributed by atoms with Crippen molar-refractivity contribution in [2.24, 2.45) is 5.92 Å². The highest BCUT2D eigenvalue weighted by molar-refractivity contribution is 6.25. The average Bonchev–Trinajstić information content (AvgIpc) is 1.65. The third-order valence-corrected chi connectivity index (χ3v) is 0.995. The molecule has 0 amide bonds. The molecule has 0 radical (unpaired) electrons.